The van der Waals surface area contributed by atoms with Crippen LogP contribution in [0.1, 0.15) is 27.0 Å². The Kier molecular flexibility index (Phi) is 4.96. The van der Waals surface area contributed by atoms with E-state index in [4.69, 9.17) is 0 Å². The number of carbonyl (C=O) groups is 1. The lowest BCUT2D eigenvalue weighted by Gasteiger charge is -2.23. The van der Waals surface area contributed by atoms with E-state index in [9.17, 15) is 4.79 Å². The van der Waals surface area contributed by atoms with Crippen molar-refractivity contribution in [3.63, 3.8) is 0 Å². The number of carbonyl (C=O) groups excluding carboxylic acids is 1. The normalized spacial score (nSPS) is 10.4. The van der Waals surface area contributed by atoms with Gasteiger partial charge in [-0.15, -0.1) is 0 Å². The molecule has 3 rings (SSSR count). The lowest BCUT2D eigenvalue weighted by Crippen LogP contribution is -2.30. The number of benzene rings is 1. The van der Waals surface area contributed by atoms with E-state index in [1.54, 1.807) is 36.9 Å². The van der Waals surface area contributed by atoms with Crippen LogP contribution in [0.2, 0.25) is 0 Å². The Morgan fingerprint density at radius 1 is 0.917 bits per heavy atom. The average molecular weight is 317 g/mol. The molecule has 0 spiro atoms. The van der Waals surface area contributed by atoms with E-state index in [0.29, 0.717) is 18.7 Å². The van der Waals surface area contributed by atoms with Crippen molar-refractivity contribution in [2.75, 3.05) is 0 Å². The van der Waals surface area contributed by atoms with Gasteiger partial charge < -0.3 is 4.90 Å². The van der Waals surface area contributed by atoms with Crippen molar-refractivity contribution < 1.29 is 4.79 Å². The minimum absolute atomic E-state index is 0.0322. The van der Waals surface area contributed by atoms with E-state index in [2.05, 4.69) is 29.0 Å². The van der Waals surface area contributed by atoms with Gasteiger partial charge in [-0.3, -0.25) is 14.8 Å². The Balaban J connectivity index is 1.88. The predicted molar refractivity (Wildman–Crippen MR) is 93.2 cm³/mol. The minimum Gasteiger partial charge on any atom is -0.330 e. The Labute approximate surface area is 141 Å². The summed E-state index contributed by atoms with van der Waals surface area (Å²) in [5.74, 6) is -0.0322. The van der Waals surface area contributed by atoms with Gasteiger partial charge in [-0.1, -0.05) is 30.3 Å². The highest BCUT2D eigenvalue weighted by Crippen LogP contribution is 2.16. The van der Waals surface area contributed by atoms with Gasteiger partial charge in [0.05, 0.1) is 5.56 Å². The maximum Gasteiger partial charge on any atom is 0.256 e. The number of aryl methyl sites for hydroxylation is 1. The van der Waals surface area contributed by atoms with E-state index in [-0.39, 0.29) is 5.91 Å². The van der Waals surface area contributed by atoms with E-state index in [1.807, 2.05) is 29.2 Å². The highest BCUT2D eigenvalue weighted by atomic mass is 16.2. The molecule has 4 heteroatoms. The van der Waals surface area contributed by atoms with Gasteiger partial charge in [0.2, 0.25) is 0 Å². The second-order valence-electron chi connectivity index (χ2n) is 5.69. The van der Waals surface area contributed by atoms with Gasteiger partial charge in [0.15, 0.2) is 0 Å². The molecule has 0 bridgehead atoms. The van der Waals surface area contributed by atoms with E-state index < -0.39 is 0 Å². The lowest BCUT2D eigenvalue weighted by atomic mass is 10.1. The maximum atomic E-state index is 12.9. The second-order valence-corrected chi connectivity index (χ2v) is 5.69. The van der Waals surface area contributed by atoms with Crippen LogP contribution in [-0.2, 0) is 13.1 Å². The molecule has 3 aromatic rings. The molecule has 120 valence electrons. The molecule has 1 amide bonds. The topological polar surface area (TPSA) is 46.1 Å². The van der Waals surface area contributed by atoms with Crippen LogP contribution in [0.25, 0.3) is 0 Å². The molecule has 0 aliphatic carbocycles. The van der Waals surface area contributed by atoms with Crippen LogP contribution in [0.4, 0.5) is 0 Å². The maximum absolute atomic E-state index is 12.9. The van der Waals surface area contributed by atoms with Gasteiger partial charge in [0.25, 0.3) is 5.91 Å². The smallest absolute Gasteiger partial charge is 0.256 e. The molecule has 0 saturated carbocycles. The number of rotatable bonds is 5. The first-order chi connectivity index (χ1) is 11.7. The zero-order valence-corrected chi connectivity index (χ0v) is 13.6. The Morgan fingerprint density at radius 3 is 2.33 bits per heavy atom. The van der Waals surface area contributed by atoms with Crippen molar-refractivity contribution >= 4 is 5.91 Å². The summed E-state index contributed by atoms with van der Waals surface area (Å²) in [5.41, 5.74) is 3.91. The molecule has 0 saturated heterocycles. The van der Waals surface area contributed by atoms with E-state index >= 15 is 0 Å². The molecule has 0 fully saturated rings. The number of pyridine rings is 2. The standard InChI is InChI=1S/C20H19N3O/c1-16-6-2-3-8-19(16)15-23(14-17-7-4-10-21-12-17)20(24)18-9-5-11-22-13-18/h2-13H,14-15H2,1H3. The molecule has 2 heterocycles. The highest BCUT2D eigenvalue weighted by Gasteiger charge is 2.17. The van der Waals surface area contributed by atoms with Crippen molar-refractivity contribution in [1.82, 2.24) is 14.9 Å². The van der Waals surface area contributed by atoms with Gasteiger partial charge in [-0.2, -0.15) is 0 Å². The zero-order valence-electron chi connectivity index (χ0n) is 13.6. The number of hydrogen-bond donors (Lipinski definition) is 0. The molecule has 4 nitrogen and oxygen atoms in total. The molecule has 0 aliphatic heterocycles. The number of hydrogen-bond acceptors (Lipinski definition) is 3. The molecule has 1 aromatic carbocycles. The summed E-state index contributed by atoms with van der Waals surface area (Å²) in [6, 6.07) is 15.6. The van der Waals surface area contributed by atoms with Crippen molar-refractivity contribution in [1.29, 1.82) is 0 Å². The number of aromatic nitrogens is 2. The first-order valence-corrected chi connectivity index (χ1v) is 7.87. The fourth-order valence-corrected chi connectivity index (χ4v) is 2.58. The van der Waals surface area contributed by atoms with Gasteiger partial charge in [0, 0.05) is 37.9 Å². The number of amides is 1. The summed E-state index contributed by atoms with van der Waals surface area (Å²) in [6.45, 7) is 3.12. The molecular formula is C20H19N3O. The highest BCUT2D eigenvalue weighted by molar-refractivity contribution is 5.93. The van der Waals surface area contributed by atoms with E-state index in [0.717, 1.165) is 11.1 Å². The summed E-state index contributed by atoms with van der Waals surface area (Å²) in [5, 5.41) is 0. The Hall–Kier alpha value is -3.01. The van der Waals surface area contributed by atoms with Crippen LogP contribution in [0.5, 0.6) is 0 Å². The summed E-state index contributed by atoms with van der Waals surface area (Å²) < 4.78 is 0. The first-order valence-electron chi connectivity index (χ1n) is 7.87. The molecule has 24 heavy (non-hydrogen) atoms. The first kappa shape index (κ1) is 15.9. The average Bonchev–Trinajstić information content (AvgIpc) is 2.64. The predicted octanol–water partition coefficient (Wildman–Crippen LogP) is 3.63. The fraction of sp³-hybridized carbons (Fsp3) is 0.150. The lowest BCUT2D eigenvalue weighted by molar-refractivity contribution is 0.0729. The van der Waals surface area contributed by atoms with Gasteiger partial charge >= 0.3 is 0 Å². The van der Waals surface area contributed by atoms with Gasteiger partial charge in [-0.25, -0.2) is 0 Å². The summed E-state index contributed by atoms with van der Waals surface area (Å²) in [6.07, 6.45) is 6.81. The van der Waals surface area contributed by atoms with Crippen molar-refractivity contribution in [3.05, 3.63) is 95.6 Å². The molecule has 0 radical (unpaired) electrons. The quantitative estimate of drug-likeness (QED) is 0.722. The van der Waals surface area contributed by atoms with Crippen LogP contribution in [0.3, 0.4) is 0 Å². The van der Waals surface area contributed by atoms with Crippen molar-refractivity contribution in [3.8, 4) is 0 Å². The monoisotopic (exact) mass is 317 g/mol. The summed E-state index contributed by atoms with van der Waals surface area (Å²) in [7, 11) is 0. The SMILES string of the molecule is Cc1ccccc1CN(Cc1cccnc1)C(=O)c1cccnc1. The molecule has 0 atom stereocenters. The van der Waals surface area contributed by atoms with E-state index in [1.165, 1.54) is 5.56 Å². The molecular weight excluding hydrogens is 298 g/mol. The van der Waals surface area contributed by atoms with Crippen LogP contribution in [0.15, 0.2) is 73.3 Å². The third-order valence-corrected chi connectivity index (χ3v) is 3.91. The molecule has 0 N–H and O–H groups in total. The van der Waals surface area contributed by atoms with Crippen LogP contribution in [-0.4, -0.2) is 20.8 Å². The van der Waals surface area contributed by atoms with Gasteiger partial charge in [0.1, 0.15) is 0 Å². The van der Waals surface area contributed by atoms with Gasteiger partial charge in [-0.05, 0) is 41.8 Å². The van der Waals surface area contributed by atoms with Crippen LogP contribution in [0, 0.1) is 6.92 Å². The molecule has 2 aromatic heterocycles. The van der Waals surface area contributed by atoms with Crippen molar-refractivity contribution in [2.45, 2.75) is 20.0 Å². The minimum atomic E-state index is -0.0322. The number of nitrogens with zero attached hydrogens (tertiary/aromatic N) is 3. The third kappa shape index (κ3) is 3.84. The Bertz CT molecular complexity index is 803. The van der Waals surface area contributed by atoms with Crippen molar-refractivity contribution in [2.24, 2.45) is 0 Å². The largest absolute Gasteiger partial charge is 0.330 e. The summed E-state index contributed by atoms with van der Waals surface area (Å²) >= 11 is 0. The summed E-state index contributed by atoms with van der Waals surface area (Å²) in [4.78, 5) is 23.0. The Morgan fingerprint density at radius 2 is 1.67 bits per heavy atom. The third-order valence-electron chi connectivity index (χ3n) is 3.91. The van der Waals surface area contributed by atoms with Crippen LogP contribution < -0.4 is 0 Å². The molecule has 0 aliphatic rings. The fourth-order valence-electron chi connectivity index (χ4n) is 2.58. The molecule has 0 unspecified atom stereocenters. The zero-order chi connectivity index (χ0) is 16.8. The second kappa shape index (κ2) is 7.51. The van der Waals surface area contributed by atoms with Crippen LogP contribution >= 0.6 is 0 Å².